The van der Waals surface area contributed by atoms with E-state index >= 15 is 0 Å². The Kier molecular flexibility index (Phi) is 6.59. The molecule has 1 heterocycles. The van der Waals surface area contributed by atoms with Crippen LogP contribution in [0.2, 0.25) is 0 Å². The van der Waals surface area contributed by atoms with Crippen molar-refractivity contribution in [1.82, 2.24) is 14.7 Å². The average Bonchev–Trinajstić information content (AvgIpc) is 3.72. The SMILES string of the molecule is O=C(c1ccc2ccccc2c1)N1CCN(CCN(Cc2ccc(F)cc2)C(=O)C2CC2)CC1. The van der Waals surface area contributed by atoms with E-state index in [0.29, 0.717) is 26.2 Å². The van der Waals surface area contributed by atoms with E-state index in [-0.39, 0.29) is 23.5 Å². The summed E-state index contributed by atoms with van der Waals surface area (Å²) in [5.74, 6) is 0.165. The van der Waals surface area contributed by atoms with Crippen LogP contribution in [-0.2, 0) is 11.3 Å². The van der Waals surface area contributed by atoms with Crippen molar-refractivity contribution in [3.05, 3.63) is 83.7 Å². The molecule has 0 atom stereocenters. The van der Waals surface area contributed by atoms with Gasteiger partial charge in [0.25, 0.3) is 5.91 Å². The molecule has 3 aromatic rings. The number of fused-ring (bicyclic) bond motifs is 1. The predicted molar refractivity (Wildman–Crippen MR) is 131 cm³/mol. The van der Waals surface area contributed by atoms with Crippen molar-refractivity contribution in [2.24, 2.45) is 5.92 Å². The molecule has 2 fully saturated rings. The molecule has 0 spiro atoms. The lowest BCUT2D eigenvalue weighted by Gasteiger charge is -2.36. The number of nitrogens with zero attached hydrogens (tertiary/aromatic N) is 3. The third-order valence-corrected chi connectivity index (χ3v) is 6.87. The number of rotatable bonds is 7. The summed E-state index contributed by atoms with van der Waals surface area (Å²) < 4.78 is 13.3. The molecule has 3 aromatic carbocycles. The summed E-state index contributed by atoms with van der Waals surface area (Å²) in [5.41, 5.74) is 1.67. The second kappa shape index (κ2) is 9.94. The van der Waals surface area contributed by atoms with Gasteiger partial charge in [0, 0.05) is 57.3 Å². The van der Waals surface area contributed by atoms with Crippen molar-refractivity contribution in [3.63, 3.8) is 0 Å². The summed E-state index contributed by atoms with van der Waals surface area (Å²) in [6.45, 7) is 4.88. The van der Waals surface area contributed by atoms with Gasteiger partial charge >= 0.3 is 0 Å². The maximum atomic E-state index is 13.3. The van der Waals surface area contributed by atoms with Crippen LogP contribution in [0, 0.1) is 11.7 Å². The quantitative estimate of drug-likeness (QED) is 0.533. The number of halogens is 1. The molecule has 5 nitrogen and oxygen atoms in total. The van der Waals surface area contributed by atoms with Gasteiger partial charge in [-0.3, -0.25) is 14.5 Å². The van der Waals surface area contributed by atoms with Crippen LogP contribution in [0.5, 0.6) is 0 Å². The normalized spacial score (nSPS) is 16.6. The second-order valence-electron chi connectivity index (χ2n) is 9.36. The van der Waals surface area contributed by atoms with E-state index in [0.717, 1.165) is 54.4 Å². The molecule has 1 saturated heterocycles. The van der Waals surface area contributed by atoms with Gasteiger partial charge in [-0.2, -0.15) is 0 Å². The number of hydrogen-bond donors (Lipinski definition) is 0. The molecule has 0 bridgehead atoms. The van der Waals surface area contributed by atoms with Gasteiger partial charge in [0.05, 0.1) is 0 Å². The Morgan fingerprint density at radius 2 is 1.59 bits per heavy atom. The van der Waals surface area contributed by atoms with Crippen molar-refractivity contribution in [2.45, 2.75) is 19.4 Å². The third kappa shape index (κ3) is 5.28. The van der Waals surface area contributed by atoms with Crippen LogP contribution in [0.3, 0.4) is 0 Å². The Morgan fingerprint density at radius 3 is 2.29 bits per heavy atom. The Hall–Kier alpha value is -3.25. The largest absolute Gasteiger partial charge is 0.337 e. The molecule has 1 saturated carbocycles. The smallest absolute Gasteiger partial charge is 0.253 e. The Bertz CT molecular complexity index is 1170. The van der Waals surface area contributed by atoms with Gasteiger partial charge in [-0.05, 0) is 53.4 Å². The molecule has 0 unspecified atom stereocenters. The molecule has 0 aromatic heterocycles. The number of benzene rings is 3. The highest BCUT2D eigenvalue weighted by atomic mass is 19.1. The highest BCUT2D eigenvalue weighted by molar-refractivity contribution is 5.98. The zero-order valence-corrected chi connectivity index (χ0v) is 19.3. The van der Waals surface area contributed by atoms with Gasteiger partial charge < -0.3 is 9.80 Å². The lowest BCUT2D eigenvalue weighted by atomic mass is 10.1. The molecule has 0 N–H and O–H groups in total. The first-order valence-corrected chi connectivity index (χ1v) is 12.1. The van der Waals surface area contributed by atoms with E-state index < -0.39 is 0 Å². The van der Waals surface area contributed by atoms with Crippen LogP contribution in [0.1, 0.15) is 28.8 Å². The maximum absolute atomic E-state index is 13.3. The van der Waals surface area contributed by atoms with Crippen LogP contribution in [0.15, 0.2) is 66.7 Å². The lowest BCUT2D eigenvalue weighted by Crippen LogP contribution is -2.50. The summed E-state index contributed by atoms with van der Waals surface area (Å²) in [6, 6.07) is 20.4. The topological polar surface area (TPSA) is 43.9 Å². The van der Waals surface area contributed by atoms with Crippen molar-refractivity contribution >= 4 is 22.6 Å². The molecule has 2 amide bonds. The number of amides is 2. The first-order chi connectivity index (χ1) is 16.6. The standard InChI is InChI=1S/C28H30FN3O2/c29-26-11-5-21(6-12-26)20-32(27(33)23-8-9-23)18-15-30-13-16-31(17-14-30)28(34)25-10-7-22-3-1-2-4-24(22)19-25/h1-7,10-12,19,23H,8-9,13-18,20H2. The van der Waals surface area contributed by atoms with E-state index in [2.05, 4.69) is 11.0 Å². The Balaban J connectivity index is 1.15. The first-order valence-electron chi connectivity index (χ1n) is 12.1. The van der Waals surface area contributed by atoms with Crippen LogP contribution in [0.25, 0.3) is 10.8 Å². The van der Waals surface area contributed by atoms with Gasteiger partial charge in [-0.25, -0.2) is 4.39 Å². The van der Waals surface area contributed by atoms with Gasteiger partial charge in [-0.1, -0.05) is 42.5 Å². The van der Waals surface area contributed by atoms with Gasteiger partial charge in [-0.15, -0.1) is 0 Å². The van der Waals surface area contributed by atoms with E-state index in [1.165, 1.54) is 12.1 Å². The molecule has 1 aliphatic carbocycles. The van der Waals surface area contributed by atoms with E-state index in [9.17, 15) is 14.0 Å². The fourth-order valence-corrected chi connectivity index (χ4v) is 4.61. The third-order valence-electron chi connectivity index (χ3n) is 6.87. The minimum atomic E-state index is -0.264. The number of carbonyl (C=O) groups excluding carboxylic acids is 2. The summed E-state index contributed by atoms with van der Waals surface area (Å²) in [4.78, 5) is 32.0. The highest BCUT2D eigenvalue weighted by Crippen LogP contribution is 2.31. The van der Waals surface area contributed by atoms with E-state index in [1.807, 2.05) is 46.2 Å². The van der Waals surface area contributed by atoms with Crippen molar-refractivity contribution in [3.8, 4) is 0 Å². The van der Waals surface area contributed by atoms with E-state index in [4.69, 9.17) is 0 Å². The molecule has 0 radical (unpaired) electrons. The summed E-state index contributed by atoms with van der Waals surface area (Å²) in [5, 5.41) is 2.21. The van der Waals surface area contributed by atoms with Gasteiger partial charge in [0.1, 0.15) is 5.82 Å². The van der Waals surface area contributed by atoms with Crippen molar-refractivity contribution in [2.75, 3.05) is 39.3 Å². The molecule has 5 rings (SSSR count). The second-order valence-corrected chi connectivity index (χ2v) is 9.36. The summed E-state index contributed by atoms with van der Waals surface area (Å²) in [6.07, 6.45) is 1.93. The van der Waals surface area contributed by atoms with E-state index in [1.54, 1.807) is 12.1 Å². The predicted octanol–water partition coefficient (Wildman–Crippen LogP) is 4.18. The fourth-order valence-electron chi connectivity index (χ4n) is 4.61. The molecule has 1 aliphatic heterocycles. The summed E-state index contributed by atoms with van der Waals surface area (Å²) in [7, 11) is 0. The number of carbonyl (C=O) groups is 2. The molecule has 2 aliphatic rings. The lowest BCUT2D eigenvalue weighted by molar-refractivity contribution is -0.133. The monoisotopic (exact) mass is 459 g/mol. The average molecular weight is 460 g/mol. The zero-order valence-electron chi connectivity index (χ0n) is 19.3. The zero-order chi connectivity index (χ0) is 23.5. The first kappa shape index (κ1) is 22.5. The summed E-state index contributed by atoms with van der Waals surface area (Å²) >= 11 is 0. The Morgan fingerprint density at radius 1 is 0.882 bits per heavy atom. The van der Waals surface area contributed by atoms with Crippen molar-refractivity contribution < 1.29 is 14.0 Å². The molecular formula is C28H30FN3O2. The van der Waals surface area contributed by atoms with Crippen LogP contribution < -0.4 is 0 Å². The highest BCUT2D eigenvalue weighted by Gasteiger charge is 2.33. The van der Waals surface area contributed by atoms with Crippen LogP contribution >= 0.6 is 0 Å². The molecule has 34 heavy (non-hydrogen) atoms. The van der Waals surface area contributed by atoms with Gasteiger partial charge in [0.2, 0.25) is 5.91 Å². The molecular weight excluding hydrogens is 429 g/mol. The number of piperazine rings is 1. The van der Waals surface area contributed by atoms with Crippen LogP contribution in [0.4, 0.5) is 4.39 Å². The molecule has 176 valence electrons. The van der Waals surface area contributed by atoms with Crippen LogP contribution in [-0.4, -0.2) is 65.8 Å². The Labute approximate surface area is 199 Å². The minimum Gasteiger partial charge on any atom is -0.337 e. The molecule has 6 heteroatoms. The van der Waals surface area contributed by atoms with Gasteiger partial charge in [0.15, 0.2) is 0 Å². The maximum Gasteiger partial charge on any atom is 0.253 e. The number of hydrogen-bond acceptors (Lipinski definition) is 3. The van der Waals surface area contributed by atoms with Crippen molar-refractivity contribution in [1.29, 1.82) is 0 Å². The fraction of sp³-hybridized carbons (Fsp3) is 0.357. The minimum absolute atomic E-state index is 0.0762.